The van der Waals surface area contributed by atoms with Crippen molar-refractivity contribution in [2.24, 2.45) is 11.7 Å². The summed E-state index contributed by atoms with van der Waals surface area (Å²) in [7, 11) is 0. The molecule has 116 valence electrons. The molecule has 2 atom stereocenters. The molecule has 0 bridgehead atoms. The summed E-state index contributed by atoms with van der Waals surface area (Å²) < 4.78 is 0. The SMILES string of the molecule is CC(CCN)CCC(=O)NC(C)(C(=O)O)c1ccccc1. The van der Waals surface area contributed by atoms with E-state index in [9.17, 15) is 14.7 Å². The highest BCUT2D eigenvalue weighted by Crippen LogP contribution is 2.21. The molecule has 0 saturated heterocycles. The Morgan fingerprint density at radius 3 is 2.43 bits per heavy atom. The number of nitrogens with one attached hydrogen (secondary N) is 1. The molecular weight excluding hydrogens is 268 g/mol. The number of nitrogens with two attached hydrogens (primary N) is 1. The van der Waals surface area contributed by atoms with Gasteiger partial charge in [0.15, 0.2) is 5.54 Å². The standard InChI is InChI=1S/C16H24N2O3/c1-12(10-11-17)8-9-14(19)18-16(2,15(20)21)13-6-4-3-5-7-13/h3-7,12H,8-11,17H2,1-2H3,(H,18,19)(H,20,21). The van der Waals surface area contributed by atoms with Gasteiger partial charge in [-0.1, -0.05) is 37.3 Å². The average molecular weight is 292 g/mol. The zero-order valence-electron chi connectivity index (χ0n) is 12.6. The lowest BCUT2D eigenvalue weighted by atomic mass is 9.91. The molecule has 21 heavy (non-hydrogen) atoms. The van der Waals surface area contributed by atoms with Crippen molar-refractivity contribution in [3.63, 3.8) is 0 Å². The summed E-state index contributed by atoms with van der Waals surface area (Å²) in [5.41, 5.74) is 4.62. The fraction of sp³-hybridized carbons (Fsp3) is 0.500. The summed E-state index contributed by atoms with van der Waals surface area (Å²) in [5.74, 6) is -0.974. The van der Waals surface area contributed by atoms with Crippen LogP contribution in [0.1, 0.15) is 38.7 Å². The van der Waals surface area contributed by atoms with Gasteiger partial charge < -0.3 is 16.2 Å². The van der Waals surface area contributed by atoms with E-state index in [2.05, 4.69) is 5.32 Å². The van der Waals surface area contributed by atoms with E-state index in [0.29, 0.717) is 30.9 Å². The summed E-state index contributed by atoms with van der Waals surface area (Å²) in [6.07, 6.45) is 1.87. The van der Waals surface area contributed by atoms with Crippen molar-refractivity contribution >= 4 is 11.9 Å². The third-order valence-electron chi connectivity index (χ3n) is 3.69. The third-order valence-corrected chi connectivity index (χ3v) is 3.69. The monoisotopic (exact) mass is 292 g/mol. The van der Waals surface area contributed by atoms with E-state index in [1.165, 1.54) is 6.92 Å². The van der Waals surface area contributed by atoms with Crippen molar-refractivity contribution in [2.45, 2.75) is 38.6 Å². The molecular formula is C16H24N2O3. The molecule has 0 saturated carbocycles. The lowest BCUT2D eigenvalue weighted by Gasteiger charge is -2.27. The van der Waals surface area contributed by atoms with Crippen LogP contribution < -0.4 is 11.1 Å². The molecule has 0 heterocycles. The number of hydrogen-bond acceptors (Lipinski definition) is 3. The third kappa shape index (κ3) is 4.86. The molecule has 0 radical (unpaired) electrons. The minimum Gasteiger partial charge on any atom is -0.479 e. The first kappa shape index (κ1) is 17.2. The van der Waals surface area contributed by atoms with Crippen molar-refractivity contribution in [1.82, 2.24) is 5.32 Å². The highest BCUT2D eigenvalue weighted by Gasteiger charge is 2.36. The highest BCUT2D eigenvalue weighted by atomic mass is 16.4. The molecule has 4 N–H and O–H groups in total. The van der Waals surface area contributed by atoms with Gasteiger partial charge in [0, 0.05) is 6.42 Å². The molecule has 0 aliphatic rings. The van der Waals surface area contributed by atoms with Crippen molar-refractivity contribution in [2.75, 3.05) is 6.54 Å². The van der Waals surface area contributed by atoms with E-state index in [4.69, 9.17) is 5.73 Å². The van der Waals surface area contributed by atoms with Crippen molar-refractivity contribution in [1.29, 1.82) is 0 Å². The molecule has 1 amide bonds. The molecule has 1 rings (SSSR count). The number of amides is 1. The van der Waals surface area contributed by atoms with Crippen LogP contribution in [0.4, 0.5) is 0 Å². The number of rotatable bonds is 8. The van der Waals surface area contributed by atoms with E-state index < -0.39 is 11.5 Å². The van der Waals surface area contributed by atoms with E-state index >= 15 is 0 Å². The van der Waals surface area contributed by atoms with Crippen LogP contribution in [0.15, 0.2) is 30.3 Å². The first-order chi connectivity index (χ1) is 9.90. The predicted octanol–water partition coefficient (Wildman–Crippen LogP) is 1.87. The molecule has 0 aliphatic heterocycles. The Morgan fingerprint density at radius 2 is 1.90 bits per heavy atom. The molecule has 0 aliphatic carbocycles. The maximum absolute atomic E-state index is 12.0. The van der Waals surface area contributed by atoms with Crippen LogP contribution in [0.3, 0.4) is 0 Å². The Balaban J connectivity index is 2.71. The van der Waals surface area contributed by atoms with Gasteiger partial charge in [-0.25, -0.2) is 4.79 Å². The number of aliphatic carboxylic acids is 1. The molecule has 1 aromatic carbocycles. The van der Waals surface area contributed by atoms with Crippen molar-refractivity contribution < 1.29 is 14.7 Å². The van der Waals surface area contributed by atoms with Gasteiger partial charge in [0.1, 0.15) is 0 Å². The van der Waals surface area contributed by atoms with Crippen LogP contribution in [0.2, 0.25) is 0 Å². The van der Waals surface area contributed by atoms with Gasteiger partial charge in [-0.15, -0.1) is 0 Å². The second-order valence-electron chi connectivity index (χ2n) is 5.57. The molecule has 0 spiro atoms. The maximum Gasteiger partial charge on any atom is 0.333 e. The van der Waals surface area contributed by atoms with Gasteiger partial charge in [-0.3, -0.25) is 4.79 Å². The van der Waals surface area contributed by atoms with Crippen LogP contribution in [-0.4, -0.2) is 23.5 Å². The number of benzene rings is 1. The van der Waals surface area contributed by atoms with Crippen LogP contribution in [0.5, 0.6) is 0 Å². The minimum atomic E-state index is -1.41. The van der Waals surface area contributed by atoms with Crippen LogP contribution in [0.25, 0.3) is 0 Å². The molecule has 0 fully saturated rings. The lowest BCUT2D eigenvalue weighted by Crippen LogP contribution is -2.49. The van der Waals surface area contributed by atoms with Gasteiger partial charge >= 0.3 is 5.97 Å². The number of carboxylic acid groups (broad SMARTS) is 1. The van der Waals surface area contributed by atoms with E-state index in [-0.39, 0.29) is 5.91 Å². The summed E-state index contributed by atoms with van der Waals surface area (Å²) in [5, 5.41) is 12.1. The van der Waals surface area contributed by atoms with Crippen LogP contribution >= 0.6 is 0 Å². The highest BCUT2D eigenvalue weighted by molar-refractivity contribution is 5.87. The molecule has 1 aromatic rings. The van der Waals surface area contributed by atoms with Gasteiger partial charge in [-0.05, 0) is 37.8 Å². The normalized spacial score (nSPS) is 15.0. The first-order valence-corrected chi connectivity index (χ1v) is 7.20. The maximum atomic E-state index is 12.0. The van der Waals surface area contributed by atoms with Gasteiger partial charge in [0.2, 0.25) is 5.91 Å². The number of hydrogen-bond donors (Lipinski definition) is 3. The Labute approximate surface area is 125 Å². The van der Waals surface area contributed by atoms with E-state index in [1.54, 1.807) is 24.3 Å². The number of carbonyl (C=O) groups is 2. The lowest BCUT2D eigenvalue weighted by molar-refractivity contribution is -0.147. The topological polar surface area (TPSA) is 92.4 Å². The number of carboxylic acids is 1. The summed E-state index contributed by atoms with van der Waals surface area (Å²) in [4.78, 5) is 23.6. The average Bonchev–Trinajstić information content (AvgIpc) is 2.46. The predicted molar refractivity (Wildman–Crippen MR) is 81.6 cm³/mol. The van der Waals surface area contributed by atoms with Crippen molar-refractivity contribution in [3.05, 3.63) is 35.9 Å². The zero-order chi connectivity index (χ0) is 15.9. The Morgan fingerprint density at radius 1 is 1.29 bits per heavy atom. The van der Waals surface area contributed by atoms with Gasteiger partial charge in [0.25, 0.3) is 0 Å². The Hall–Kier alpha value is -1.88. The summed E-state index contributed by atoms with van der Waals surface area (Å²) in [6, 6.07) is 8.72. The van der Waals surface area contributed by atoms with E-state index in [0.717, 1.165) is 6.42 Å². The minimum absolute atomic E-state index is 0.257. The van der Waals surface area contributed by atoms with Crippen LogP contribution in [0, 0.1) is 5.92 Å². The molecule has 5 heteroatoms. The first-order valence-electron chi connectivity index (χ1n) is 7.20. The smallest absolute Gasteiger partial charge is 0.333 e. The van der Waals surface area contributed by atoms with E-state index in [1.807, 2.05) is 13.0 Å². The fourth-order valence-electron chi connectivity index (χ4n) is 2.17. The largest absolute Gasteiger partial charge is 0.479 e. The second kappa shape index (κ2) is 7.78. The summed E-state index contributed by atoms with van der Waals surface area (Å²) >= 11 is 0. The Kier molecular flexibility index (Phi) is 6.37. The summed E-state index contributed by atoms with van der Waals surface area (Å²) in [6.45, 7) is 4.14. The quantitative estimate of drug-likeness (QED) is 0.682. The zero-order valence-corrected chi connectivity index (χ0v) is 12.6. The molecule has 2 unspecified atom stereocenters. The second-order valence-corrected chi connectivity index (χ2v) is 5.57. The van der Waals surface area contributed by atoms with Gasteiger partial charge in [-0.2, -0.15) is 0 Å². The fourth-order valence-corrected chi connectivity index (χ4v) is 2.17. The molecule has 5 nitrogen and oxygen atoms in total. The van der Waals surface area contributed by atoms with Crippen LogP contribution in [-0.2, 0) is 15.1 Å². The van der Waals surface area contributed by atoms with Crippen molar-refractivity contribution in [3.8, 4) is 0 Å². The Bertz CT molecular complexity index is 476. The number of carbonyl (C=O) groups excluding carboxylic acids is 1. The molecule has 0 aromatic heterocycles. The van der Waals surface area contributed by atoms with Gasteiger partial charge in [0.05, 0.1) is 0 Å².